The molecule has 0 fully saturated rings. The lowest BCUT2D eigenvalue weighted by Crippen LogP contribution is -2.41. The number of furan rings is 2. The molecular weight excluding hydrogens is 322 g/mol. The van der Waals surface area contributed by atoms with E-state index in [4.69, 9.17) is 8.83 Å². The van der Waals surface area contributed by atoms with Crippen LogP contribution >= 0.6 is 0 Å². The largest absolute Gasteiger partial charge is 0.472 e. The summed E-state index contributed by atoms with van der Waals surface area (Å²) in [6.45, 7) is -0.334. The first-order valence-electron chi connectivity index (χ1n) is 6.68. The van der Waals surface area contributed by atoms with Gasteiger partial charge in [0.05, 0.1) is 31.7 Å². The topological polar surface area (TPSA) is 110 Å². The summed E-state index contributed by atoms with van der Waals surface area (Å²) in [5, 5.41) is 10.8. The molecule has 3 aromatic rings. The van der Waals surface area contributed by atoms with Gasteiger partial charge in [0.15, 0.2) is 10.6 Å². The molecule has 0 aliphatic rings. The third-order valence-electron chi connectivity index (χ3n) is 3.40. The first-order valence-corrected chi connectivity index (χ1v) is 8.17. The van der Waals surface area contributed by atoms with Crippen LogP contribution in [0.5, 0.6) is 0 Å². The third kappa shape index (κ3) is 2.93. The second-order valence-electron chi connectivity index (χ2n) is 5.05. The Hall–Kier alpha value is -2.36. The highest BCUT2D eigenvalue weighted by atomic mass is 32.2. The molecule has 8 nitrogen and oxygen atoms in total. The Morgan fingerprint density at radius 2 is 2.22 bits per heavy atom. The van der Waals surface area contributed by atoms with Gasteiger partial charge >= 0.3 is 0 Å². The molecule has 3 heterocycles. The minimum Gasteiger partial charge on any atom is -0.472 e. The lowest BCUT2D eigenvalue weighted by molar-refractivity contribution is 0.0613. The number of rotatable bonds is 6. The van der Waals surface area contributed by atoms with E-state index >= 15 is 0 Å². The van der Waals surface area contributed by atoms with E-state index in [0.717, 1.165) is 0 Å². The Morgan fingerprint density at radius 3 is 2.78 bits per heavy atom. The van der Waals surface area contributed by atoms with Crippen molar-refractivity contribution >= 4 is 10.0 Å². The molecule has 0 spiro atoms. The summed E-state index contributed by atoms with van der Waals surface area (Å²) >= 11 is 0. The fraction of sp³-hybridized carbons (Fsp3) is 0.214. The van der Waals surface area contributed by atoms with E-state index in [0.29, 0.717) is 5.56 Å². The second kappa shape index (κ2) is 5.69. The highest BCUT2D eigenvalue weighted by Crippen LogP contribution is 2.30. The van der Waals surface area contributed by atoms with Gasteiger partial charge in [-0.15, -0.1) is 0 Å². The van der Waals surface area contributed by atoms with Crippen LogP contribution in [0.25, 0.3) is 0 Å². The summed E-state index contributed by atoms with van der Waals surface area (Å²) < 4.78 is 38.7. The Kier molecular flexibility index (Phi) is 3.84. The normalized spacial score (nSPS) is 14.7. The second-order valence-corrected chi connectivity index (χ2v) is 6.77. The average molecular weight is 337 g/mol. The molecule has 23 heavy (non-hydrogen) atoms. The molecule has 0 radical (unpaired) electrons. The molecule has 0 aliphatic heterocycles. The van der Waals surface area contributed by atoms with E-state index in [1.165, 1.54) is 41.9 Å². The van der Waals surface area contributed by atoms with Crippen molar-refractivity contribution in [2.24, 2.45) is 7.05 Å². The van der Waals surface area contributed by atoms with Gasteiger partial charge in [0.1, 0.15) is 5.76 Å². The highest BCUT2D eigenvalue weighted by molar-refractivity contribution is 7.89. The summed E-state index contributed by atoms with van der Waals surface area (Å²) in [5.41, 5.74) is -1.32. The summed E-state index contributed by atoms with van der Waals surface area (Å²) in [4.78, 5) is 3.80. The van der Waals surface area contributed by atoms with Gasteiger partial charge in [0.25, 0.3) is 10.0 Å². The molecule has 3 rings (SSSR count). The van der Waals surface area contributed by atoms with E-state index in [-0.39, 0.29) is 17.3 Å². The van der Waals surface area contributed by atoms with E-state index in [2.05, 4.69) is 9.71 Å². The van der Waals surface area contributed by atoms with Crippen LogP contribution in [0.3, 0.4) is 0 Å². The zero-order valence-electron chi connectivity index (χ0n) is 12.2. The fourth-order valence-electron chi connectivity index (χ4n) is 2.15. The van der Waals surface area contributed by atoms with Crippen molar-refractivity contribution in [3.8, 4) is 0 Å². The predicted molar refractivity (Wildman–Crippen MR) is 78.8 cm³/mol. The van der Waals surface area contributed by atoms with Crippen LogP contribution in [0.4, 0.5) is 0 Å². The van der Waals surface area contributed by atoms with Crippen LogP contribution in [0.1, 0.15) is 11.3 Å². The maximum Gasteiger partial charge on any atom is 0.259 e. The number of nitrogens with zero attached hydrogens (tertiary/aromatic N) is 2. The zero-order valence-corrected chi connectivity index (χ0v) is 13.0. The maximum atomic E-state index is 12.3. The van der Waals surface area contributed by atoms with Crippen LogP contribution < -0.4 is 4.72 Å². The lowest BCUT2D eigenvalue weighted by Gasteiger charge is -2.24. The maximum absolute atomic E-state index is 12.3. The minimum absolute atomic E-state index is 0.131. The standard InChI is InChI=1S/C14H15N3O5S/c1-17-7-13(15-10-17)23(19,20)16-9-14(18,11-4-6-21-8-11)12-3-2-5-22-12/h2-8,10,16,18H,9H2,1H3/t14-/m0/s1. The molecule has 0 amide bonds. The first-order chi connectivity index (χ1) is 10.9. The van der Waals surface area contributed by atoms with Gasteiger partial charge in [-0.2, -0.15) is 0 Å². The number of hydrogen-bond acceptors (Lipinski definition) is 6. The number of aromatic nitrogens is 2. The summed E-state index contributed by atoms with van der Waals surface area (Å²) in [6.07, 6.45) is 6.86. The molecule has 0 saturated heterocycles. The molecule has 0 bridgehead atoms. The van der Waals surface area contributed by atoms with E-state index in [9.17, 15) is 13.5 Å². The summed E-state index contributed by atoms with van der Waals surface area (Å²) in [6, 6.07) is 4.70. The fourth-order valence-corrected chi connectivity index (χ4v) is 3.18. The van der Waals surface area contributed by atoms with Crippen molar-refractivity contribution in [2.45, 2.75) is 10.6 Å². The van der Waals surface area contributed by atoms with E-state index < -0.39 is 15.6 Å². The molecule has 3 aromatic heterocycles. The van der Waals surface area contributed by atoms with Gasteiger partial charge in [-0.05, 0) is 18.2 Å². The van der Waals surface area contributed by atoms with Crippen molar-refractivity contribution < 1.29 is 22.4 Å². The van der Waals surface area contributed by atoms with Crippen molar-refractivity contribution in [2.75, 3.05) is 6.54 Å². The number of imidazole rings is 1. The van der Waals surface area contributed by atoms with Crippen LogP contribution in [0.15, 0.2) is 63.4 Å². The quantitative estimate of drug-likeness (QED) is 0.689. The van der Waals surface area contributed by atoms with Gasteiger partial charge in [-0.25, -0.2) is 18.1 Å². The Bertz CT molecular complexity index is 831. The van der Waals surface area contributed by atoms with Crippen LogP contribution in [0, 0.1) is 0 Å². The van der Waals surface area contributed by atoms with Gasteiger partial charge in [0, 0.05) is 18.8 Å². The number of nitrogens with one attached hydrogen (secondary N) is 1. The van der Waals surface area contributed by atoms with Crippen molar-refractivity contribution in [3.05, 3.63) is 60.8 Å². The molecule has 0 aliphatic carbocycles. The molecule has 0 aromatic carbocycles. The number of hydrogen-bond donors (Lipinski definition) is 2. The molecule has 0 unspecified atom stereocenters. The van der Waals surface area contributed by atoms with E-state index in [1.54, 1.807) is 19.2 Å². The van der Waals surface area contributed by atoms with Gasteiger partial charge < -0.3 is 18.5 Å². The molecule has 1 atom stereocenters. The Balaban J connectivity index is 1.89. The molecule has 0 saturated carbocycles. The molecular formula is C14H15N3O5S. The van der Waals surface area contributed by atoms with Gasteiger partial charge in [-0.3, -0.25) is 0 Å². The Labute approximate surface area is 132 Å². The predicted octanol–water partition coefficient (Wildman–Crippen LogP) is 0.820. The number of aliphatic hydroxyl groups is 1. The number of sulfonamides is 1. The molecule has 2 N–H and O–H groups in total. The smallest absolute Gasteiger partial charge is 0.259 e. The minimum atomic E-state index is -3.87. The van der Waals surface area contributed by atoms with Crippen molar-refractivity contribution in [3.63, 3.8) is 0 Å². The first kappa shape index (κ1) is 15.5. The monoisotopic (exact) mass is 337 g/mol. The van der Waals surface area contributed by atoms with Crippen LogP contribution in [-0.2, 0) is 22.7 Å². The molecule has 9 heteroatoms. The van der Waals surface area contributed by atoms with Gasteiger partial charge in [-0.1, -0.05) is 0 Å². The van der Waals surface area contributed by atoms with Crippen molar-refractivity contribution in [1.29, 1.82) is 0 Å². The van der Waals surface area contributed by atoms with E-state index in [1.807, 2.05) is 0 Å². The van der Waals surface area contributed by atoms with Crippen molar-refractivity contribution in [1.82, 2.24) is 14.3 Å². The SMILES string of the molecule is Cn1cnc(S(=O)(=O)NC[C@](O)(c2ccoc2)c2ccco2)c1. The average Bonchev–Trinajstić information content (AvgIpc) is 3.25. The molecule has 122 valence electrons. The summed E-state index contributed by atoms with van der Waals surface area (Å²) in [5.74, 6) is 0.197. The van der Waals surface area contributed by atoms with Gasteiger partial charge in [0.2, 0.25) is 0 Å². The lowest BCUT2D eigenvalue weighted by atomic mass is 9.94. The van der Waals surface area contributed by atoms with Crippen LogP contribution in [0.2, 0.25) is 0 Å². The van der Waals surface area contributed by atoms with Crippen LogP contribution in [-0.4, -0.2) is 29.6 Å². The summed E-state index contributed by atoms with van der Waals surface area (Å²) in [7, 11) is -2.21. The Morgan fingerprint density at radius 1 is 1.39 bits per heavy atom. The zero-order chi connectivity index (χ0) is 16.5. The number of aryl methyl sites for hydroxylation is 1. The highest BCUT2D eigenvalue weighted by Gasteiger charge is 2.37. The third-order valence-corrected chi connectivity index (χ3v) is 4.69.